The molecule has 9 heteroatoms. The summed E-state index contributed by atoms with van der Waals surface area (Å²) in [4.78, 5) is 8.03. The Labute approximate surface area is 164 Å². The van der Waals surface area contributed by atoms with E-state index in [0.29, 0.717) is 10.7 Å². The Bertz CT molecular complexity index is 955. The minimum atomic E-state index is -4.39. The first-order chi connectivity index (χ1) is 13.3. The lowest BCUT2D eigenvalue weighted by atomic mass is 10.1. The number of thioether (sulfide) groups is 1. The van der Waals surface area contributed by atoms with Crippen molar-refractivity contribution in [3.05, 3.63) is 70.4 Å². The quantitative estimate of drug-likeness (QED) is 0.795. The maximum atomic E-state index is 12.8. The summed E-state index contributed by atoms with van der Waals surface area (Å²) in [6, 6.07) is 12.7. The molecule has 0 bridgehead atoms. The van der Waals surface area contributed by atoms with Crippen LogP contribution in [0, 0.1) is 6.92 Å². The Hall–Kier alpha value is -2.49. The van der Waals surface area contributed by atoms with Gasteiger partial charge in [0.25, 0.3) is 0 Å². The zero-order valence-corrected chi connectivity index (χ0v) is 15.7. The highest BCUT2D eigenvalue weighted by molar-refractivity contribution is 8.04. The normalized spacial score (nSPS) is 22.1. The molecule has 146 valence electrons. The lowest BCUT2D eigenvalue weighted by Crippen LogP contribution is -2.50. The number of nitrogens with zero attached hydrogens (tertiary/aromatic N) is 3. The van der Waals surface area contributed by atoms with Crippen molar-refractivity contribution in [2.75, 3.05) is 9.80 Å². The maximum Gasteiger partial charge on any atom is 0.416 e. The van der Waals surface area contributed by atoms with E-state index >= 15 is 0 Å². The molecule has 4 N–H and O–H groups in total. The van der Waals surface area contributed by atoms with E-state index in [1.807, 2.05) is 36.1 Å². The molecule has 0 fully saturated rings. The molecule has 2 heterocycles. The van der Waals surface area contributed by atoms with Crippen molar-refractivity contribution in [1.29, 1.82) is 0 Å². The molecular formula is C19H18F3N5S. The van der Waals surface area contributed by atoms with Gasteiger partial charge in [0, 0.05) is 11.4 Å². The van der Waals surface area contributed by atoms with Crippen LogP contribution in [0.15, 0.2) is 64.2 Å². The highest BCUT2D eigenvalue weighted by Gasteiger charge is 2.39. The summed E-state index contributed by atoms with van der Waals surface area (Å²) in [7, 11) is 0. The fourth-order valence-corrected chi connectivity index (χ4v) is 4.31. The third kappa shape index (κ3) is 3.15. The number of hydrogen-bond acceptors (Lipinski definition) is 6. The minimum absolute atomic E-state index is 0.387. The van der Waals surface area contributed by atoms with E-state index in [0.717, 1.165) is 29.1 Å². The largest absolute Gasteiger partial charge is 0.416 e. The molecule has 2 aliphatic heterocycles. The van der Waals surface area contributed by atoms with Gasteiger partial charge in [-0.2, -0.15) is 13.2 Å². The first kappa shape index (κ1) is 18.9. The van der Waals surface area contributed by atoms with Gasteiger partial charge in [0.2, 0.25) is 0 Å². The Balaban J connectivity index is 1.68. The standard InChI is InChI=1S/C19H18F3N5S/c1-11-4-2-3-5-14(11)27-15-16(23)26(10-25-17(15)28-18(27)24)13-8-6-12(7-9-13)19(20,21)22/h2-10,16,18H,23-24H2,1H3. The number of aryl methyl sites for hydroxylation is 1. The van der Waals surface area contributed by atoms with Gasteiger partial charge in [-0.05, 0) is 42.8 Å². The lowest BCUT2D eigenvalue weighted by molar-refractivity contribution is -0.137. The molecule has 2 aliphatic rings. The number of anilines is 2. The molecule has 28 heavy (non-hydrogen) atoms. The van der Waals surface area contributed by atoms with Crippen molar-refractivity contribution in [3.8, 4) is 0 Å². The molecule has 0 saturated carbocycles. The van der Waals surface area contributed by atoms with Crippen molar-refractivity contribution in [2.24, 2.45) is 16.5 Å². The topological polar surface area (TPSA) is 70.9 Å². The maximum absolute atomic E-state index is 12.8. The lowest BCUT2D eigenvalue weighted by Gasteiger charge is -2.36. The van der Waals surface area contributed by atoms with Crippen LogP contribution in [-0.2, 0) is 6.18 Å². The summed E-state index contributed by atoms with van der Waals surface area (Å²) < 4.78 is 38.5. The molecule has 2 aromatic carbocycles. The fourth-order valence-electron chi connectivity index (χ4n) is 3.30. The number of rotatable bonds is 2. The zero-order chi connectivity index (χ0) is 20.1. The van der Waals surface area contributed by atoms with Crippen molar-refractivity contribution >= 4 is 29.5 Å². The summed E-state index contributed by atoms with van der Waals surface area (Å²) in [5.41, 5.74) is 14.9. The van der Waals surface area contributed by atoms with Gasteiger partial charge in [0.05, 0.1) is 17.6 Å². The number of aliphatic imine (C=N–C) groups is 1. The molecule has 0 amide bonds. The molecule has 4 rings (SSSR count). The molecule has 2 atom stereocenters. The van der Waals surface area contributed by atoms with E-state index in [-0.39, 0.29) is 5.50 Å². The summed E-state index contributed by atoms with van der Waals surface area (Å²) in [6.45, 7) is 1.98. The van der Waals surface area contributed by atoms with Gasteiger partial charge in [0.15, 0.2) is 0 Å². The third-order valence-corrected chi connectivity index (χ3v) is 5.70. The number of hydrogen-bond donors (Lipinski definition) is 2. The number of para-hydroxylation sites is 1. The fraction of sp³-hybridized carbons (Fsp3) is 0.211. The second kappa shape index (κ2) is 6.84. The van der Waals surface area contributed by atoms with E-state index in [4.69, 9.17) is 11.5 Å². The van der Waals surface area contributed by atoms with Gasteiger partial charge in [0.1, 0.15) is 16.7 Å². The number of alkyl halides is 3. The van der Waals surface area contributed by atoms with Gasteiger partial charge in [-0.25, -0.2) is 4.99 Å². The van der Waals surface area contributed by atoms with E-state index in [1.54, 1.807) is 4.90 Å². The average molecular weight is 405 g/mol. The van der Waals surface area contributed by atoms with Gasteiger partial charge in [-0.3, -0.25) is 0 Å². The van der Waals surface area contributed by atoms with Gasteiger partial charge >= 0.3 is 6.18 Å². The molecule has 2 unspecified atom stereocenters. The smallest absolute Gasteiger partial charge is 0.314 e. The van der Waals surface area contributed by atoms with Crippen LogP contribution in [0.25, 0.3) is 0 Å². The van der Waals surface area contributed by atoms with E-state index in [1.165, 1.54) is 30.2 Å². The predicted molar refractivity (Wildman–Crippen MR) is 107 cm³/mol. The van der Waals surface area contributed by atoms with Crippen LogP contribution in [0.4, 0.5) is 24.5 Å². The Morgan fingerprint density at radius 3 is 2.36 bits per heavy atom. The molecule has 0 spiro atoms. The number of nitrogens with two attached hydrogens (primary N) is 2. The second-order valence-electron chi connectivity index (χ2n) is 6.50. The van der Waals surface area contributed by atoms with Crippen LogP contribution in [-0.4, -0.2) is 18.0 Å². The molecule has 0 aliphatic carbocycles. The SMILES string of the molecule is Cc1ccccc1N1C2=C(N=CN(c3ccc(C(F)(F)F)cc3)C2N)SC1N. The van der Waals surface area contributed by atoms with Gasteiger partial charge < -0.3 is 21.3 Å². The van der Waals surface area contributed by atoms with Crippen LogP contribution >= 0.6 is 11.8 Å². The molecule has 0 radical (unpaired) electrons. The molecule has 2 aromatic rings. The van der Waals surface area contributed by atoms with Crippen molar-refractivity contribution in [3.63, 3.8) is 0 Å². The molecular weight excluding hydrogens is 387 g/mol. The van der Waals surface area contributed by atoms with Crippen LogP contribution in [0.2, 0.25) is 0 Å². The molecule has 0 aromatic heterocycles. The highest BCUT2D eigenvalue weighted by Crippen LogP contribution is 2.44. The summed E-state index contributed by atoms with van der Waals surface area (Å²) in [5, 5.41) is 0.714. The van der Waals surface area contributed by atoms with E-state index in [2.05, 4.69) is 4.99 Å². The highest BCUT2D eigenvalue weighted by atomic mass is 32.2. The van der Waals surface area contributed by atoms with Gasteiger partial charge in [-0.15, -0.1) is 0 Å². The van der Waals surface area contributed by atoms with Crippen LogP contribution < -0.4 is 21.3 Å². The van der Waals surface area contributed by atoms with Crippen LogP contribution in [0.3, 0.4) is 0 Å². The predicted octanol–water partition coefficient (Wildman–Crippen LogP) is 3.81. The monoisotopic (exact) mass is 405 g/mol. The second-order valence-corrected chi connectivity index (χ2v) is 7.60. The van der Waals surface area contributed by atoms with Crippen molar-refractivity contribution in [2.45, 2.75) is 24.8 Å². The zero-order valence-electron chi connectivity index (χ0n) is 14.9. The van der Waals surface area contributed by atoms with Crippen LogP contribution in [0.1, 0.15) is 11.1 Å². The van der Waals surface area contributed by atoms with Crippen LogP contribution in [0.5, 0.6) is 0 Å². The summed E-state index contributed by atoms with van der Waals surface area (Å²) >= 11 is 1.40. The average Bonchev–Trinajstić information content (AvgIpc) is 2.99. The number of benzene rings is 2. The van der Waals surface area contributed by atoms with Crippen molar-refractivity contribution < 1.29 is 13.2 Å². The summed E-state index contributed by atoms with van der Waals surface area (Å²) in [5.74, 6) is 0. The van der Waals surface area contributed by atoms with Crippen molar-refractivity contribution in [1.82, 2.24) is 0 Å². The third-order valence-electron chi connectivity index (χ3n) is 4.71. The Kier molecular flexibility index (Phi) is 4.60. The first-order valence-corrected chi connectivity index (χ1v) is 9.42. The first-order valence-electron chi connectivity index (χ1n) is 8.54. The molecule has 0 saturated heterocycles. The summed E-state index contributed by atoms with van der Waals surface area (Å²) in [6.07, 6.45) is -3.49. The Morgan fingerprint density at radius 1 is 1.04 bits per heavy atom. The molecule has 5 nitrogen and oxygen atoms in total. The minimum Gasteiger partial charge on any atom is -0.314 e. The Morgan fingerprint density at radius 2 is 1.71 bits per heavy atom. The van der Waals surface area contributed by atoms with E-state index in [9.17, 15) is 13.2 Å². The number of halogens is 3. The van der Waals surface area contributed by atoms with Gasteiger partial charge in [-0.1, -0.05) is 30.0 Å². The van der Waals surface area contributed by atoms with E-state index < -0.39 is 17.9 Å².